The Bertz CT molecular complexity index is 637. The van der Waals surface area contributed by atoms with Gasteiger partial charge in [-0.25, -0.2) is 0 Å². The summed E-state index contributed by atoms with van der Waals surface area (Å²) in [6, 6.07) is 4.62. The first-order valence-electron chi connectivity index (χ1n) is 6.15. The molecule has 7 heteroatoms. The second-order valence-corrected chi connectivity index (χ2v) is 4.27. The van der Waals surface area contributed by atoms with Gasteiger partial charge in [-0.15, -0.1) is 0 Å². The molecule has 20 heavy (non-hydrogen) atoms. The molecule has 0 radical (unpaired) electrons. The number of nitro benzene ring substituents is 1. The number of rotatable bonds is 5. The Morgan fingerprint density at radius 3 is 2.85 bits per heavy atom. The van der Waals surface area contributed by atoms with Gasteiger partial charge in [-0.2, -0.15) is 0 Å². The van der Waals surface area contributed by atoms with Gasteiger partial charge in [-0.05, 0) is 18.6 Å². The van der Waals surface area contributed by atoms with Crippen LogP contribution in [0.25, 0.3) is 11.3 Å². The van der Waals surface area contributed by atoms with Gasteiger partial charge in [0.05, 0.1) is 12.0 Å². The summed E-state index contributed by atoms with van der Waals surface area (Å²) >= 11 is 0. The lowest BCUT2D eigenvalue weighted by molar-refractivity contribution is -0.385. The van der Waals surface area contributed by atoms with E-state index in [0.717, 1.165) is 12.0 Å². The molecule has 0 fully saturated rings. The highest BCUT2D eigenvalue weighted by atomic mass is 16.6. The van der Waals surface area contributed by atoms with Crippen LogP contribution >= 0.6 is 0 Å². The maximum absolute atomic E-state index is 11.0. The maximum Gasteiger partial charge on any atom is 0.311 e. The van der Waals surface area contributed by atoms with Gasteiger partial charge in [0.15, 0.2) is 17.3 Å². The van der Waals surface area contributed by atoms with E-state index in [1.165, 1.54) is 19.2 Å². The largest absolute Gasteiger partial charge is 0.490 e. The van der Waals surface area contributed by atoms with Crippen LogP contribution in [-0.2, 0) is 6.42 Å². The van der Waals surface area contributed by atoms with Gasteiger partial charge in [0.25, 0.3) is 0 Å². The number of nitrogen functional groups attached to an aromatic ring is 1. The van der Waals surface area contributed by atoms with Crippen molar-refractivity contribution in [3.63, 3.8) is 0 Å². The molecule has 0 saturated heterocycles. The van der Waals surface area contributed by atoms with Crippen molar-refractivity contribution < 1.29 is 14.2 Å². The van der Waals surface area contributed by atoms with Gasteiger partial charge in [0, 0.05) is 17.2 Å². The van der Waals surface area contributed by atoms with Crippen LogP contribution in [0, 0.1) is 10.1 Å². The van der Waals surface area contributed by atoms with Crippen molar-refractivity contribution in [2.75, 3.05) is 12.8 Å². The third-order valence-electron chi connectivity index (χ3n) is 2.96. The zero-order chi connectivity index (χ0) is 14.7. The molecular weight excluding hydrogens is 262 g/mol. The van der Waals surface area contributed by atoms with E-state index in [2.05, 4.69) is 5.16 Å². The fourth-order valence-electron chi connectivity index (χ4n) is 2.01. The van der Waals surface area contributed by atoms with Crippen LogP contribution in [0.15, 0.2) is 22.7 Å². The van der Waals surface area contributed by atoms with Gasteiger partial charge >= 0.3 is 5.69 Å². The van der Waals surface area contributed by atoms with Crippen LogP contribution in [0.2, 0.25) is 0 Å². The lowest BCUT2D eigenvalue weighted by Gasteiger charge is -2.04. The molecule has 2 aromatic rings. The SMILES string of the molecule is CCCc1c(N)noc1-c1ccc(OC)c([N+](=O)[O-])c1. The van der Waals surface area contributed by atoms with Crippen molar-refractivity contribution in [1.29, 1.82) is 0 Å². The minimum absolute atomic E-state index is 0.123. The number of nitrogens with two attached hydrogens (primary N) is 1. The average molecular weight is 277 g/mol. The predicted octanol–water partition coefficient (Wildman–Crippen LogP) is 2.79. The van der Waals surface area contributed by atoms with Crippen molar-refractivity contribution in [3.05, 3.63) is 33.9 Å². The molecule has 106 valence electrons. The molecule has 2 N–H and O–H groups in total. The molecule has 0 amide bonds. The first-order chi connectivity index (χ1) is 9.58. The van der Waals surface area contributed by atoms with E-state index in [1.54, 1.807) is 6.07 Å². The molecule has 2 rings (SSSR count). The molecule has 0 aliphatic rings. The number of nitro groups is 1. The van der Waals surface area contributed by atoms with Crippen LogP contribution in [0.1, 0.15) is 18.9 Å². The average Bonchev–Trinajstić information content (AvgIpc) is 2.80. The fraction of sp³-hybridized carbons (Fsp3) is 0.308. The highest BCUT2D eigenvalue weighted by Crippen LogP contribution is 2.35. The summed E-state index contributed by atoms with van der Waals surface area (Å²) in [4.78, 5) is 10.5. The van der Waals surface area contributed by atoms with E-state index in [9.17, 15) is 10.1 Å². The second kappa shape index (κ2) is 5.60. The molecule has 0 spiro atoms. The zero-order valence-electron chi connectivity index (χ0n) is 11.3. The van der Waals surface area contributed by atoms with E-state index < -0.39 is 4.92 Å². The number of benzene rings is 1. The van der Waals surface area contributed by atoms with E-state index in [-0.39, 0.29) is 11.4 Å². The number of nitrogens with zero attached hydrogens (tertiary/aromatic N) is 2. The standard InChI is InChI=1S/C13H15N3O4/c1-3-4-9-12(20-15-13(9)14)8-5-6-11(19-2)10(7-8)16(17)18/h5-7H,3-4H2,1-2H3,(H2,14,15). The molecular formula is C13H15N3O4. The Hall–Kier alpha value is -2.57. The topological polar surface area (TPSA) is 104 Å². The molecule has 1 heterocycles. The number of anilines is 1. The van der Waals surface area contributed by atoms with Gasteiger partial charge in [-0.1, -0.05) is 18.5 Å². The van der Waals surface area contributed by atoms with E-state index in [4.69, 9.17) is 15.0 Å². The number of methoxy groups -OCH3 is 1. The molecule has 0 bridgehead atoms. The summed E-state index contributed by atoms with van der Waals surface area (Å²) in [5, 5.41) is 14.8. The Labute approximate surface area is 115 Å². The minimum Gasteiger partial charge on any atom is -0.490 e. The summed E-state index contributed by atoms with van der Waals surface area (Å²) in [6.07, 6.45) is 1.57. The molecule has 7 nitrogen and oxygen atoms in total. The van der Waals surface area contributed by atoms with Gasteiger partial charge < -0.3 is 15.0 Å². The summed E-state index contributed by atoms with van der Waals surface area (Å²) in [5.74, 6) is 0.985. The Morgan fingerprint density at radius 1 is 1.50 bits per heavy atom. The van der Waals surface area contributed by atoms with Crippen molar-refractivity contribution >= 4 is 11.5 Å². The van der Waals surface area contributed by atoms with Crippen molar-refractivity contribution in [2.24, 2.45) is 0 Å². The zero-order valence-corrected chi connectivity index (χ0v) is 11.3. The maximum atomic E-state index is 11.0. The molecule has 0 atom stereocenters. The van der Waals surface area contributed by atoms with Crippen LogP contribution < -0.4 is 10.5 Å². The minimum atomic E-state index is -0.498. The van der Waals surface area contributed by atoms with Gasteiger partial charge in [-0.3, -0.25) is 10.1 Å². The Kier molecular flexibility index (Phi) is 3.88. The van der Waals surface area contributed by atoms with Gasteiger partial charge in [0.1, 0.15) is 0 Å². The van der Waals surface area contributed by atoms with Gasteiger partial charge in [0.2, 0.25) is 0 Å². The van der Waals surface area contributed by atoms with Crippen LogP contribution in [0.5, 0.6) is 5.75 Å². The quantitative estimate of drug-likeness (QED) is 0.665. The van der Waals surface area contributed by atoms with E-state index in [1.807, 2.05) is 6.92 Å². The predicted molar refractivity (Wildman–Crippen MR) is 73.6 cm³/mol. The Balaban J connectivity index is 2.53. The molecule has 0 aliphatic carbocycles. The normalized spacial score (nSPS) is 10.5. The third-order valence-corrected chi connectivity index (χ3v) is 2.96. The third kappa shape index (κ3) is 2.42. The first kappa shape index (κ1) is 13.9. The van der Waals surface area contributed by atoms with Crippen molar-refractivity contribution in [3.8, 4) is 17.1 Å². The smallest absolute Gasteiger partial charge is 0.311 e. The molecule has 0 unspecified atom stereocenters. The number of hydrogen-bond donors (Lipinski definition) is 1. The Morgan fingerprint density at radius 2 is 2.25 bits per heavy atom. The second-order valence-electron chi connectivity index (χ2n) is 4.27. The molecule has 0 aliphatic heterocycles. The number of aromatic nitrogens is 1. The monoisotopic (exact) mass is 277 g/mol. The lowest BCUT2D eigenvalue weighted by Crippen LogP contribution is -1.95. The highest BCUT2D eigenvalue weighted by molar-refractivity contribution is 5.70. The molecule has 1 aromatic carbocycles. The molecule has 1 aromatic heterocycles. The van der Waals surface area contributed by atoms with E-state index in [0.29, 0.717) is 23.6 Å². The van der Waals surface area contributed by atoms with Crippen LogP contribution in [-0.4, -0.2) is 17.2 Å². The first-order valence-corrected chi connectivity index (χ1v) is 6.15. The van der Waals surface area contributed by atoms with E-state index >= 15 is 0 Å². The summed E-state index contributed by atoms with van der Waals surface area (Å²) in [5.41, 5.74) is 6.96. The van der Waals surface area contributed by atoms with Crippen molar-refractivity contribution in [1.82, 2.24) is 5.16 Å². The number of hydrogen-bond acceptors (Lipinski definition) is 6. The van der Waals surface area contributed by atoms with Crippen molar-refractivity contribution in [2.45, 2.75) is 19.8 Å². The summed E-state index contributed by atoms with van der Waals surface area (Å²) in [7, 11) is 1.39. The molecule has 0 saturated carbocycles. The lowest BCUT2D eigenvalue weighted by atomic mass is 10.0. The fourth-order valence-corrected chi connectivity index (χ4v) is 2.01. The summed E-state index contributed by atoms with van der Waals surface area (Å²) in [6.45, 7) is 2.01. The van der Waals surface area contributed by atoms with Crippen LogP contribution in [0.4, 0.5) is 11.5 Å². The summed E-state index contributed by atoms with van der Waals surface area (Å²) < 4.78 is 10.2. The number of ether oxygens (including phenoxy) is 1. The van der Waals surface area contributed by atoms with Crippen LogP contribution in [0.3, 0.4) is 0 Å². The highest BCUT2D eigenvalue weighted by Gasteiger charge is 2.20.